The van der Waals surface area contributed by atoms with Gasteiger partial charge < -0.3 is 29.2 Å². The smallest absolute Gasteiger partial charge is 0.248 e. The van der Waals surface area contributed by atoms with Crippen molar-refractivity contribution >= 4 is 29.3 Å². The molecule has 0 atom stereocenters. The van der Waals surface area contributed by atoms with Gasteiger partial charge in [0.1, 0.15) is 12.4 Å². The summed E-state index contributed by atoms with van der Waals surface area (Å²) in [6.45, 7) is 8.02. The highest BCUT2D eigenvalue weighted by molar-refractivity contribution is 6.03. The summed E-state index contributed by atoms with van der Waals surface area (Å²) in [5.74, 6) is 1.60. The molecule has 1 heterocycles. The quantitative estimate of drug-likeness (QED) is 0.461. The lowest BCUT2D eigenvalue weighted by Crippen LogP contribution is -2.42. The molecular formula is C26H30N2O6. The van der Waals surface area contributed by atoms with Gasteiger partial charge in [-0.15, -0.1) is 6.58 Å². The average molecular weight is 467 g/mol. The van der Waals surface area contributed by atoms with Gasteiger partial charge in [-0.2, -0.15) is 0 Å². The second-order valence-corrected chi connectivity index (χ2v) is 8.34. The second kappa shape index (κ2) is 10.3. The van der Waals surface area contributed by atoms with Crippen molar-refractivity contribution in [2.45, 2.75) is 13.8 Å². The number of fused-ring (bicyclic) bond motifs is 1. The van der Waals surface area contributed by atoms with Crippen LogP contribution in [0.1, 0.15) is 19.4 Å². The maximum atomic E-state index is 12.9. The van der Waals surface area contributed by atoms with Crippen LogP contribution in [0.5, 0.6) is 23.0 Å². The van der Waals surface area contributed by atoms with Gasteiger partial charge >= 0.3 is 0 Å². The molecule has 34 heavy (non-hydrogen) atoms. The number of hydrogen-bond acceptors (Lipinski definition) is 6. The van der Waals surface area contributed by atoms with Crippen molar-refractivity contribution in [3.8, 4) is 23.0 Å². The van der Waals surface area contributed by atoms with E-state index in [0.29, 0.717) is 46.5 Å². The maximum absolute atomic E-state index is 12.9. The molecular weight excluding hydrogens is 436 g/mol. The molecule has 0 bridgehead atoms. The second-order valence-electron chi connectivity index (χ2n) is 8.34. The first-order valence-corrected chi connectivity index (χ1v) is 10.7. The van der Waals surface area contributed by atoms with Crippen molar-refractivity contribution in [2.75, 3.05) is 44.7 Å². The standard InChI is InChI=1S/C26H30N2O6/c1-7-12-28-19-10-9-18(15-20(19)34-16-26(2,3)25(28)30)27-23(29)11-8-17-13-21(31-4)24(33-6)22(14-17)32-5/h7-11,13-15H,1,12,16H2,2-6H3,(H,27,29)/b11-8+. The molecule has 0 saturated carbocycles. The van der Waals surface area contributed by atoms with Gasteiger partial charge in [0.25, 0.3) is 0 Å². The predicted octanol–water partition coefficient (Wildman–Crippen LogP) is 4.30. The Balaban J connectivity index is 1.80. The third kappa shape index (κ3) is 5.17. The molecule has 1 N–H and O–H groups in total. The van der Waals surface area contributed by atoms with Crippen LogP contribution in [0, 0.1) is 5.41 Å². The number of carbonyl (C=O) groups excluding carboxylic acids is 2. The minimum Gasteiger partial charge on any atom is -0.493 e. The third-order valence-electron chi connectivity index (χ3n) is 5.36. The number of nitrogens with zero attached hydrogens (tertiary/aromatic N) is 1. The van der Waals surface area contributed by atoms with E-state index in [1.54, 1.807) is 47.4 Å². The zero-order valence-electron chi connectivity index (χ0n) is 20.1. The van der Waals surface area contributed by atoms with Crippen LogP contribution in [0.15, 0.2) is 49.1 Å². The summed E-state index contributed by atoms with van der Waals surface area (Å²) in [4.78, 5) is 27.1. The minimum atomic E-state index is -0.686. The molecule has 3 rings (SSSR count). The molecule has 180 valence electrons. The first-order chi connectivity index (χ1) is 16.2. The van der Waals surface area contributed by atoms with Gasteiger partial charge in [0.2, 0.25) is 17.6 Å². The Morgan fingerprint density at radius 2 is 1.82 bits per heavy atom. The van der Waals surface area contributed by atoms with Crippen LogP contribution >= 0.6 is 0 Å². The molecule has 8 nitrogen and oxygen atoms in total. The van der Waals surface area contributed by atoms with Crippen molar-refractivity contribution in [3.63, 3.8) is 0 Å². The van der Waals surface area contributed by atoms with Crippen LogP contribution in [0.2, 0.25) is 0 Å². The number of nitrogens with one attached hydrogen (secondary N) is 1. The van der Waals surface area contributed by atoms with Gasteiger partial charge in [-0.05, 0) is 49.8 Å². The van der Waals surface area contributed by atoms with E-state index in [0.717, 1.165) is 0 Å². The van der Waals surface area contributed by atoms with Gasteiger partial charge in [0.15, 0.2) is 11.5 Å². The molecule has 0 aliphatic carbocycles. The predicted molar refractivity (Wildman–Crippen MR) is 132 cm³/mol. The fourth-order valence-corrected chi connectivity index (χ4v) is 3.59. The summed E-state index contributed by atoms with van der Waals surface area (Å²) in [7, 11) is 4.59. The highest BCUT2D eigenvalue weighted by Gasteiger charge is 2.37. The number of benzene rings is 2. The van der Waals surface area contributed by atoms with E-state index in [1.165, 1.54) is 27.4 Å². The molecule has 0 saturated heterocycles. The first kappa shape index (κ1) is 24.7. The van der Waals surface area contributed by atoms with Gasteiger partial charge in [-0.1, -0.05) is 6.08 Å². The molecule has 0 aromatic heterocycles. The number of hydrogen-bond donors (Lipinski definition) is 1. The molecule has 2 aromatic rings. The summed E-state index contributed by atoms with van der Waals surface area (Å²) in [5.41, 5.74) is 1.20. The topological polar surface area (TPSA) is 86.3 Å². The minimum absolute atomic E-state index is 0.0452. The fourth-order valence-electron chi connectivity index (χ4n) is 3.59. The highest BCUT2D eigenvalue weighted by Crippen LogP contribution is 2.39. The van der Waals surface area contributed by atoms with E-state index in [2.05, 4.69) is 11.9 Å². The highest BCUT2D eigenvalue weighted by atomic mass is 16.5. The van der Waals surface area contributed by atoms with Crippen LogP contribution in [0.4, 0.5) is 11.4 Å². The molecule has 2 aromatic carbocycles. The van der Waals surface area contributed by atoms with E-state index in [4.69, 9.17) is 18.9 Å². The van der Waals surface area contributed by atoms with E-state index in [9.17, 15) is 9.59 Å². The lowest BCUT2D eigenvalue weighted by atomic mass is 9.93. The number of ether oxygens (including phenoxy) is 4. The van der Waals surface area contributed by atoms with Crippen molar-refractivity contribution in [3.05, 3.63) is 54.6 Å². The van der Waals surface area contributed by atoms with E-state index in [1.807, 2.05) is 13.8 Å². The molecule has 1 aliphatic rings. The Hall–Kier alpha value is -3.94. The summed E-state index contributed by atoms with van der Waals surface area (Å²) < 4.78 is 21.9. The summed E-state index contributed by atoms with van der Waals surface area (Å²) >= 11 is 0. The molecule has 0 radical (unpaired) electrons. The van der Waals surface area contributed by atoms with Crippen LogP contribution < -0.4 is 29.2 Å². The fraction of sp³-hybridized carbons (Fsp3) is 0.308. The molecule has 8 heteroatoms. The SMILES string of the molecule is C=CCN1C(=O)C(C)(C)COc2cc(NC(=O)/C=C/c3cc(OC)c(OC)c(OC)c3)ccc21. The lowest BCUT2D eigenvalue weighted by molar-refractivity contribution is -0.127. The van der Waals surface area contributed by atoms with Gasteiger partial charge in [0.05, 0.1) is 32.4 Å². The van der Waals surface area contributed by atoms with E-state index in [-0.39, 0.29) is 18.4 Å². The third-order valence-corrected chi connectivity index (χ3v) is 5.36. The van der Waals surface area contributed by atoms with Crippen LogP contribution in [0.3, 0.4) is 0 Å². The van der Waals surface area contributed by atoms with Crippen molar-refractivity contribution < 1.29 is 28.5 Å². The van der Waals surface area contributed by atoms with E-state index >= 15 is 0 Å². The molecule has 0 fully saturated rings. The van der Waals surface area contributed by atoms with Crippen molar-refractivity contribution in [2.24, 2.45) is 5.41 Å². The maximum Gasteiger partial charge on any atom is 0.248 e. The van der Waals surface area contributed by atoms with Crippen LogP contribution in [-0.2, 0) is 9.59 Å². The number of anilines is 2. The zero-order valence-corrected chi connectivity index (χ0v) is 20.1. The molecule has 1 aliphatic heterocycles. The number of rotatable bonds is 8. The van der Waals surface area contributed by atoms with Crippen molar-refractivity contribution in [1.29, 1.82) is 0 Å². The largest absolute Gasteiger partial charge is 0.493 e. The summed E-state index contributed by atoms with van der Waals surface area (Å²) in [6.07, 6.45) is 4.73. The Bertz CT molecular complexity index is 1100. The first-order valence-electron chi connectivity index (χ1n) is 10.7. The van der Waals surface area contributed by atoms with Gasteiger partial charge in [0, 0.05) is 24.4 Å². The summed E-state index contributed by atoms with van der Waals surface area (Å²) in [5, 5.41) is 2.82. The van der Waals surface area contributed by atoms with Crippen molar-refractivity contribution in [1.82, 2.24) is 0 Å². The molecule has 0 spiro atoms. The normalized spacial score (nSPS) is 14.6. The van der Waals surface area contributed by atoms with Gasteiger partial charge in [-0.3, -0.25) is 9.59 Å². The number of carbonyl (C=O) groups is 2. The van der Waals surface area contributed by atoms with Crippen LogP contribution in [-0.4, -0.2) is 46.3 Å². The Morgan fingerprint density at radius 1 is 1.15 bits per heavy atom. The van der Waals surface area contributed by atoms with Crippen LogP contribution in [0.25, 0.3) is 6.08 Å². The zero-order chi connectivity index (χ0) is 24.9. The monoisotopic (exact) mass is 466 g/mol. The Kier molecular flexibility index (Phi) is 7.50. The lowest BCUT2D eigenvalue weighted by Gasteiger charge is -2.27. The summed E-state index contributed by atoms with van der Waals surface area (Å²) in [6, 6.07) is 8.69. The number of amides is 2. The number of methoxy groups -OCH3 is 3. The Labute approximate surface area is 199 Å². The Morgan fingerprint density at radius 3 is 2.41 bits per heavy atom. The average Bonchev–Trinajstić information content (AvgIpc) is 2.92. The molecule has 0 unspecified atom stereocenters. The van der Waals surface area contributed by atoms with Gasteiger partial charge in [-0.25, -0.2) is 0 Å². The molecule has 2 amide bonds. The van der Waals surface area contributed by atoms with E-state index < -0.39 is 5.41 Å².